The lowest BCUT2D eigenvalue weighted by molar-refractivity contribution is 0.0683. The molecule has 2 saturated heterocycles. The van der Waals surface area contributed by atoms with Crippen LogP contribution < -0.4 is 5.32 Å². The van der Waals surface area contributed by atoms with Gasteiger partial charge < -0.3 is 19.2 Å². The first-order chi connectivity index (χ1) is 13.9. The highest BCUT2D eigenvalue weighted by Crippen LogP contribution is 2.33. The van der Waals surface area contributed by atoms with E-state index < -0.39 is 0 Å². The highest BCUT2D eigenvalue weighted by Gasteiger charge is 2.37. The van der Waals surface area contributed by atoms with Gasteiger partial charge in [0.2, 0.25) is 0 Å². The largest absolute Gasteiger partial charge is 0.466 e. The molecule has 29 heavy (non-hydrogen) atoms. The Morgan fingerprint density at radius 1 is 1.17 bits per heavy atom. The van der Waals surface area contributed by atoms with Crippen LogP contribution in [-0.2, 0) is 0 Å². The number of carbonyl (C=O) groups is 1. The third-order valence-electron chi connectivity index (χ3n) is 6.48. The lowest BCUT2D eigenvalue weighted by Crippen LogP contribution is -2.48. The standard InChI is InChI=1S/C22H26N4O3/c1-11-7-17(13(3)28-11)19-10-18(20-12(2)25-29-21(20)24-19)22(27)26(4)16-8-14-5-6-15(9-16)23-14/h7,10,14-16,23H,5-6,8-9H2,1-4H3. The molecule has 1 amide bonds. The summed E-state index contributed by atoms with van der Waals surface area (Å²) >= 11 is 0. The predicted octanol–water partition coefficient (Wildman–Crippen LogP) is 3.76. The fraction of sp³-hybridized carbons (Fsp3) is 0.500. The molecular formula is C22H26N4O3. The molecule has 7 heteroatoms. The maximum atomic E-state index is 13.6. The summed E-state index contributed by atoms with van der Waals surface area (Å²) in [7, 11) is 1.92. The average Bonchev–Trinajstić information content (AvgIpc) is 3.36. The van der Waals surface area contributed by atoms with E-state index in [1.807, 2.05) is 44.9 Å². The van der Waals surface area contributed by atoms with E-state index in [2.05, 4.69) is 15.5 Å². The smallest absolute Gasteiger partial charge is 0.259 e. The first-order valence-electron chi connectivity index (χ1n) is 10.3. The predicted molar refractivity (Wildman–Crippen MR) is 109 cm³/mol. The van der Waals surface area contributed by atoms with Gasteiger partial charge in [0, 0.05) is 30.7 Å². The van der Waals surface area contributed by atoms with Gasteiger partial charge in [0.15, 0.2) is 0 Å². The van der Waals surface area contributed by atoms with E-state index in [1.54, 1.807) is 0 Å². The fourth-order valence-corrected chi connectivity index (χ4v) is 4.99. The van der Waals surface area contributed by atoms with Crippen LogP contribution in [0.3, 0.4) is 0 Å². The molecule has 2 aliphatic rings. The van der Waals surface area contributed by atoms with Gasteiger partial charge in [-0.3, -0.25) is 4.79 Å². The number of nitrogens with one attached hydrogen (secondary N) is 1. The first kappa shape index (κ1) is 18.4. The zero-order valence-corrected chi connectivity index (χ0v) is 17.3. The third kappa shape index (κ3) is 3.04. The number of piperidine rings is 1. The summed E-state index contributed by atoms with van der Waals surface area (Å²) in [5, 5.41) is 8.40. The number of amides is 1. The molecule has 1 N–H and O–H groups in total. The van der Waals surface area contributed by atoms with E-state index in [4.69, 9.17) is 8.94 Å². The molecule has 5 heterocycles. The Balaban J connectivity index is 1.56. The van der Waals surface area contributed by atoms with Crippen molar-refractivity contribution in [1.82, 2.24) is 20.4 Å². The zero-order chi connectivity index (χ0) is 20.3. The van der Waals surface area contributed by atoms with Crippen molar-refractivity contribution in [3.05, 3.63) is 34.9 Å². The fourth-order valence-electron chi connectivity index (χ4n) is 4.99. The van der Waals surface area contributed by atoms with E-state index >= 15 is 0 Å². The molecule has 0 spiro atoms. The van der Waals surface area contributed by atoms with Crippen molar-refractivity contribution in [2.24, 2.45) is 0 Å². The van der Waals surface area contributed by atoms with Crippen molar-refractivity contribution in [3.8, 4) is 11.3 Å². The number of nitrogens with zero attached hydrogens (tertiary/aromatic N) is 3. The number of hydrogen-bond donors (Lipinski definition) is 1. The van der Waals surface area contributed by atoms with Gasteiger partial charge in [-0.2, -0.15) is 0 Å². The van der Waals surface area contributed by atoms with Gasteiger partial charge in [-0.25, -0.2) is 4.98 Å². The maximum absolute atomic E-state index is 13.6. The van der Waals surface area contributed by atoms with Gasteiger partial charge in [-0.05, 0) is 58.6 Å². The lowest BCUT2D eigenvalue weighted by Gasteiger charge is -2.35. The highest BCUT2D eigenvalue weighted by molar-refractivity contribution is 6.07. The van der Waals surface area contributed by atoms with Crippen molar-refractivity contribution >= 4 is 17.0 Å². The maximum Gasteiger partial charge on any atom is 0.259 e. The molecule has 5 rings (SSSR count). The van der Waals surface area contributed by atoms with Crippen molar-refractivity contribution in [1.29, 1.82) is 0 Å². The highest BCUT2D eigenvalue weighted by atomic mass is 16.5. The molecule has 152 valence electrons. The molecule has 2 unspecified atom stereocenters. The second kappa shape index (κ2) is 6.69. The molecule has 0 aromatic carbocycles. The summed E-state index contributed by atoms with van der Waals surface area (Å²) in [6.07, 6.45) is 4.42. The molecule has 2 bridgehead atoms. The Morgan fingerprint density at radius 3 is 2.55 bits per heavy atom. The number of furan rings is 1. The molecule has 0 saturated carbocycles. The molecule has 2 fully saturated rings. The molecule has 0 radical (unpaired) electrons. The number of aromatic nitrogens is 2. The van der Waals surface area contributed by atoms with Gasteiger partial charge in [0.1, 0.15) is 11.5 Å². The monoisotopic (exact) mass is 394 g/mol. The van der Waals surface area contributed by atoms with Crippen molar-refractivity contribution in [3.63, 3.8) is 0 Å². The topological polar surface area (TPSA) is 84.4 Å². The van der Waals surface area contributed by atoms with Crippen LogP contribution in [0.2, 0.25) is 0 Å². The van der Waals surface area contributed by atoms with Crippen LogP contribution in [0.4, 0.5) is 0 Å². The minimum atomic E-state index is -0.00544. The van der Waals surface area contributed by atoms with Crippen LogP contribution in [0.15, 0.2) is 21.1 Å². The number of carbonyl (C=O) groups excluding carboxylic acids is 1. The van der Waals surface area contributed by atoms with E-state index in [9.17, 15) is 4.79 Å². The van der Waals surface area contributed by atoms with Gasteiger partial charge in [0.05, 0.1) is 22.3 Å². The van der Waals surface area contributed by atoms with E-state index in [0.29, 0.717) is 40.1 Å². The number of fused-ring (bicyclic) bond motifs is 3. The van der Waals surface area contributed by atoms with E-state index in [0.717, 1.165) is 29.9 Å². The van der Waals surface area contributed by atoms with Crippen LogP contribution in [0.5, 0.6) is 0 Å². The van der Waals surface area contributed by atoms with Gasteiger partial charge in [-0.1, -0.05) is 5.16 Å². The van der Waals surface area contributed by atoms with Crippen molar-refractivity contribution in [2.75, 3.05) is 7.05 Å². The first-order valence-corrected chi connectivity index (χ1v) is 10.3. The van der Waals surface area contributed by atoms with Gasteiger partial charge >= 0.3 is 0 Å². The number of rotatable bonds is 3. The Bertz CT molecular complexity index is 1090. The number of hydrogen-bond acceptors (Lipinski definition) is 6. The molecule has 2 aliphatic heterocycles. The van der Waals surface area contributed by atoms with Gasteiger partial charge in [0.25, 0.3) is 11.6 Å². The van der Waals surface area contributed by atoms with Gasteiger partial charge in [-0.15, -0.1) is 0 Å². The average molecular weight is 394 g/mol. The normalized spacial score (nSPS) is 23.7. The number of pyridine rings is 1. The Morgan fingerprint density at radius 2 is 1.90 bits per heavy atom. The minimum absolute atomic E-state index is 0.00544. The number of aryl methyl sites for hydroxylation is 3. The Kier molecular flexibility index (Phi) is 4.24. The molecule has 2 atom stereocenters. The van der Waals surface area contributed by atoms with Crippen LogP contribution >= 0.6 is 0 Å². The minimum Gasteiger partial charge on any atom is -0.466 e. The molecule has 3 aromatic heterocycles. The van der Waals surface area contributed by atoms with Crippen LogP contribution in [0, 0.1) is 20.8 Å². The Hall–Kier alpha value is -2.67. The lowest BCUT2D eigenvalue weighted by atomic mass is 9.97. The van der Waals surface area contributed by atoms with Crippen LogP contribution in [0.25, 0.3) is 22.4 Å². The molecular weight excluding hydrogens is 368 g/mol. The summed E-state index contributed by atoms with van der Waals surface area (Å²) in [5.74, 6) is 1.57. The Labute approximate surface area is 169 Å². The van der Waals surface area contributed by atoms with Crippen LogP contribution in [0.1, 0.15) is 53.3 Å². The van der Waals surface area contributed by atoms with Crippen molar-refractivity contribution in [2.45, 2.75) is 64.6 Å². The molecule has 7 nitrogen and oxygen atoms in total. The van der Waals surface area contributed by atoms with E-state index in [-0.39, 0.29) is 11.9 Å². The quantitative estimate of drug-likeness (QED) is 0.728. The second-order valence-electron chi connectivity index (χ2n) is 8.51. The summed E-state index contributed by atoms with van der Waals surface area (Å²) in [6.45, 7) is 5.65. The summed E-state index contributed by atoms with van der Waals surface area (Å²) in [5.41, 5.74) is 3.21. The van der Waals surface area contributed by atoms with E-state index in [1.165, 1.54) is 12.8 Å². The zero-order valence-electron chi connectivity index (χ0n) is 17.3. The second-order valence-corrected chi connectivity index (χ2v) is 8.51. The summed E-state index contributed by atoms with van der Waals surface area (Å²) in [6, 6.07) is 5.09. The summed E-state index contributed by atoms with van der Waals surface area (Å²) < 4.78 is 11.1. The SMILES string of the molecule is Cc1cc(-c2cc(C(=O)N(C)C3CC4CCC(C3)N4)c3c(C)noc3n2)c(C)o1. The molecule has 0 aliphatic carbocycles. The molecule has 3 aromatic rings. The third-order valence-corrected chi connectivity index (χ3v) is 6.48. The van der Waals surface area contributed by atoms with Crippen LogP contribution in [-0.4, -0.2) is 46.1 Å². The summed E-state index contributed by atoms with van der Waals surface area (Å²) in [4.78, 5) is 20.1. The van der Waals surface area contributed by atoms with Crippen molar-refractivity contribution < 1.29 is 13.7 Å².